The molecule has 0 radical (unpaired) electrons. The molecule has 0 aliphatic rings. The quantitative estimate of drug-likeness (QED) is 0.588. The molecule has 0 atom stereocenters. The zero-order chi connectivity index (χ0) is 18.9. The van der Waals surface area contributed by atoms with Gasteiger partial charge in [-0.05, 0) is 35.4 Å². The highest BCUT2D eigenvalue weighted by molar-refractivity contribution is 5.94. The summed E-state index contributed by atoms with van der Waals surface area (Å²) in [5.41, 5.74) is 2.68. The van der Waals surface area contributed by atoms with Crippen molar-refractivity contribution in [3.05, 3.63) is 77.9 Å². The number of methoxy groups -OCH3 is 1. The minimum Gasteiger partial charge on any atom is -0.491 e. The highest BCUT2D eigenvalue weighted by Gasteiger charge is 2.06. The van der Waals surface area contributed by atoms with Crippen molar-refractivity contribution in [3.8, 4) is 5.75 Å². The van der Waals surface area contributed by atoms with E-state index in [0.717, 1.165) is 16.9 Å². The van der Waals surface area contributed by atoms with E-state index in [4.69, 9.17) is 9.47 Å². The molecule has 0 aliphatic heterocycles. The Morgan fingerprint density at radius 2 is 1.78 bits per heavy atom. The van der Waals surface area contributed by atoms with Crippen molar-refractivity contribution in [3.63, 3.8) is 0 Å². The average molecular weight is 366 g/mol. The molecule has 3 rings (SSSR count). The lowest BCUT2D eigenvalue weighted by atomic mass is 10.1. The molecule has 0 fully saturated rings. The van der Waals surface area contributed by atoms with Gasteiger partial charge in [0.05, 0.1) is 13.2 Å². The van der Waals surface area contributed by atoms with Crippen molar-refractivity contribution in [2.75, 3.05) is 20.3 Å². The van der Waals surface area contributed by atoms with Crippen molar-refractivity contribution < 1.29 is 14.3 Å². The van der Waals surface area contributed by atoms with E-state index < -0.39 is 0 Å². The molecule has 0 unspecified atom stereocenters. The minimum absolute atomic E-state index is 0.109. The van der Waals surface area contributed by atoms with Crippen LogP contribution < -0.4 is 10.1 Å². The first-order valence-corrected chi connectivity index (χ1v) is 8.65. The molecule has 7 nitrogen and oxygen atoms in total. The Labute approximate surface area is 158 Å². The number of benzene rings is 2. The summed E-state index contributed by atoms with van der Waals surface area (Å²) in [6.07, 6.45) is 3.16. The van der Waals surface area contributed by atoms with Gasteiger partial charge in [-0.15, -0.1) is 0 Å². The van der Waals surface area contributed by atoms with Crippen molar-refractivity contribution in [2.45, 2.75) is 13.1 Å². The number of nitrogens with zero attached hydrogens (tertiary/aromatic N) is 3. The van der Waals surface area contributed by atoms with Gasteiger partial charge in [0, 0.05) is 19.2 Å². The highest BCUT2D eigenvalue weighted by Crippen LogP contribution is 2.12. The van der Waals surface area contributed by atoms with Crippen LogP contribution in [0.4, 0.5) is 0 Å². The summed E-state index contributed by atoms with van der Waals surface area (Å²) in [5, 5.41) is 6.99. The number of hydrogen-bond acceptors (Lipinski definition) is 5. The van der Waals surface area contributed by atoms with Crippen molar-refractivity contribution in [1.29, 1.82) is 0 Å². The summed E-state index contributed by atoms with van der Waals surface area (Å²) in [4.78, 5) is 16.2. The van der Waals surface area contributed by atoms with E-state index >= 15 is 0 Å². The van der Waals surface area contributed by atoms with Crippen LogP contribution in [0.3, 0.4) is 0 Å². The highest BCUT2D eigenvalue weighted by atomic mass is 16.5. The molecule has 0 spiro atoms. The van der Waals surface area contributed by atoms with E-state index in [1.807, 2.05) is 48.5 Å². The van der Waals surface area contributed by atoms with E-state index in [1.165, 1.54) is 6.33 Å². The molecule has 0 aliphatic carbocycles. The number of nitrogens with one attached hydrogen (secondary N) is 1. The molecule has 0 saturated carbocycles. The monoisotopic (exact) mass is 366 g/mol. The first-order chi connectivity index (χ1) is 13.2. The number of carbonyl (C=O) groups excluding carboxylic acids is 1. The van der Waals surface area contributed by atoms with Crippen LogP contribution in [-0.2, 0) is 17.8 Å². The van der Waals surface area contributed by atoms with Gasteiger partial charge in [0.1, 0.15) is 25.0 Å². The van der Waals surface area contributed by atoms with Gasteiger partial charge < -0.3 is 14.8 Å². The number of carbonyl (C=O) groups is 1. The first-order valence-electron chi connectivity index (χ1n) is 8.65. The second kappa shape index (κ2) is 9.49. The van der Waals surface area contributed by atoms with E-state index in [-0.39, 0.29) is 5.91 Å². The SMILES string of the molecule is COCCOc1ccc(CNC(=O)c2ccc(Cn3cncn3)cc2)cc1. The van der Waals surface area contributed by atoms with Gasteiger partial charge in [-0.1, -0.05) is 24.3 Å². The molecular formula is C20H22N4O3. The molecule has 7 heteroatoms. The van der Waals surface area contributed by atoms with Gasteiger partial charge in [0.2, 0.25) is 0 Å². The van der Waals surface area contributed by atoms with Gasteiger partial charge >= 0.3 is 0 Å². The lowest BCUT2D eigenvalue weighted by molar-refractivity contribution is 0.0951. The number of aromatic nitrogens is 3. The predicted molar refractivity (Wildman–Crippen MR) is 101 cm³/mol. The van der Waals surface area contributed by atoms with Crippen LogP contribution in [0.5, 0.6) is 5.75 Å². The Balaban J connectivity index is 1.48. The van der Waals surface area contributed by atoms with E-state index in [0.29, 0.717) is 31.9 Å². The zero-order valence-corrected chi connectivity index (χ0v) is 15.2. The van der Waals surface area contributed by atoms with Crippen LogP contribution >= 0.6 is 0 Å². The van der Waals surface area contributed by atoms with E-state index in [9.17, 15) is 4.79 Å². The van der Waals surface area contributed by atoms with Crippen molar-refractivity contribution >= 4 is 5.91 Å². The fourth-order valence-electron chi connectivity index (χ4n) is 2.49. The van der Waals surface area contributed by atoms with Gasteiger partial charge in [-0.2, -0.15) is 5.10 Å². The molecule has 0 saturated heterocycles. The molecular weight excluding hydrogens is 344 g/mol. The Morgan fingerprint density at radius 1 is 1.04 bits per heavy atom. The first kappa shape index (κ1) is 18.6. The molecule has 1 amide bonds. The summed E-state index contributed by atoms with van der Waals surface area (Å²) in [5.74, 6) is 0.674. The van der Waals surface area contributed by atoms with E-state index in [1.54, 1.807) is 18.1 Å². The number of rotatable bonds is 9. The lowest BCUT2D eigenvalue weighted by Crippen LogP contribution is -2.22. The summed E-state index contributed by atoms with van der Waals surface area (Å²) in [6.45, 7) is 2.15. The maximum Gasteiger partial charge on any atom is 0.251 e. The Bertz CT molecular complexity index is 831. The third-order valence-electron chi connectivity index (χ3n) is 3.96. The third-order valence-corrected chi connectivity index (χ3v) is 3.96. The van der Waals surface area contributed by atoms with Crippen LogP contribution in [-0.4, -0.2) is 41.0 Å². The molecule has 1 aromatic heterocycles. The summed E-state index contributed by atoms with van der Waals surface area (Å²) in [7, 11) is 1.64. The fourth-order valence-corrected chi connectivity index (χ4v) is 2.49. The van der Waals surface area contributed by atoms with Gasteiger partial charge in [-0.3, -0.25) is 4.79 Å². The maximum absolute atomic E-state index is 12.3. The molecule has 0 bridgehead atoms. The lowest BCUT2D eigenvalue weighted by Gasteiger charge is -2.08. The number of hydrogen-bond donors (Lipinski definition) is 1. The van der Waals surface area contributed by atoms with Gasteiger partial charge in [0.15, 0.2) is 0 Å². The number of amides is 1. The summed E-state index contributed by atoms with van der Waals surface area (Å²) < 4.78 is 12.2. The Hall–Kier alpha value is -3.19. The second-order valence-corrected chi connectivity index (χ2v) is 5.96. The van der Waals surface area contributed by atoms with Gasteiger partial charge in [0.25, 0.3) is 5.91 Å². The van der Waals surface area contributed by atoms with Crippen LogP contribution in [0.15, 0.2) is 61.2 Å². The van der Waals surface area contributed by atoms with Crippen LogP contribution in [0, 0.1) is 0 Å². The fraction of sp³-hybridized carbons (Fsp3) is 0.250. The molecule has 3 aromatic rings. The Kier molecular flexibility index (Phi) is 6.54. The van der Waals surface area contributed by atoms with E-state index in [2.05, 4.69) is 15.4 Å². The van der Waals surface area contributed by atoms with Gasteiger partial charge in [-0.25, -0.2) is 9.67 Å². The maximum atomic E-state index is 12.3. The molecule has 140 valence electrons. The second-order valence-electron chi connectivity index (χ2n) is 5.96. The number of ether oxygens (including phenoxy) is 2. The average Bonchev–Trinajstić information content (AvgIpc) is 3.21. The van der Waals surface area contributed by atoms with Crippen molar-refractivity contribution in [1.82, 2.24) is 20.1 Å². The largest absolute Gasteiger partial charge is 0.491 e. The minimum atomic E-state index is -0.109. The topological polar surface area (TPSA) is 78.3 Å². The molecule has 27 heavy (non-hydrogen) atoms. The molecule has 1 N–H and O–H groups in total. The van der Waals surface area contributed by atoms with Crippen LogP contribution in [0.25, 0.3) is 0 Å². The standard InChI is InChI=1S/C20H22N4O3/c1-26-10-11-27-19-8-4-16(5-9-19)12-22-20(25)18-6-2-17(3-7-18)13-24-15-21-14-23-24/h2-9,14-15H,10-13H2,1H3,(H,22,25). The van der Waals surface area contributed by atoms with Crippen LogP contribution in [0.1, 0.15) is 21.5 Å². The van der Waals surface area contributed by atoms with Crippen LogP contribution in [0.2, 0.25) is 0 Å². The zero-order valence-electron chi connectivity index (χ0n) is 15.2. The van der Waals surface area contributed by atoms with Crippen molar-refractivity contribution in [2.24, 2.45) is 0 Å². The normalized spacial score (nSPS) is 10.6. The third kappa shape index (κ3) is 5.65. The Morgan fingerprint density at radius 3 is 2.44 bits per heavy atom. The predicted octanol–water partition coefficient (Wildman–Crippen LogP) is 2.28. The molecule has 2 aromatic carbocycles. The molecule has 1 heterocycles. The smallest absolute Gasteiger partial charge is 0.251 e. The summed E-state index contributed by atoms with van der Waals surface area (Å²) in [6, 6.07) is 15.1. The summed E-state index contributed by atoms with van der Waals surface area (Å²) >= 11 is 0.